The van der Waals surface area contributed by atoms with Gasteiger partial charge in [-0.15, -0.1) is 0 Å². The maximum Gasteiger partial charge on any atom is 0.327 e. The molecule has 0 radical (unpaired) electrons. The number of fused-ring (bicyclic) bond motifs is 1. The summed E-state index contributed by atoms with van der Waals surface area (Å²) >= 11 is 0. The minimum atomic E-state index is -0.380. The molecule has 2 aromatic rings. The summed E-state index contributed by atoms with van der Waals surface area (Å²) < 4.78 is 7.49. The first-order chi connectivity index (χ1) is 17.6. The zero-order valence-electron chi connectivity index (χ0n) is 22.2. The molecule has 0 fully saturated rings. The number of imidazole rings is 1. The van der Waals surface area contributed by atoms with Crippen LogP contribution in [0.1, 0.15) is 27.7 Å². The van der Waals surface area contributed by atoms with Crippen molar-refractivity contribution < 1.29 is 9.53 Å². The molecular weight excluding hydrogens is 470 g/mol. The van der Waals surface area contributed by atoms with E-state index >= 15 is 0 Å². The maximum absolute atomic E-state index is 12.4. The van der Waals surface area contributed by atoms with Crippen molar-refractivity contribution in [2.75, 3.05) is 25.5 Å². The second-order valence-corrected chi connectivity index (χ2v) is 9.50. The van der Waals surface area contributed by atoms with Crippen molar-refractivity contribution in [3.8, 4) is 5.75 Å². The van der Waals surface area contributed by atoms with Gasteiger partial charge in [0.15, 0.2) is 11.2 Å². The van der Waals surface area contributed by atoms with Crippen LogP contribution >= 0.6 is 0 Å². The average molecular weight is 506 g/mol. The zero-order chi connectivity index (χ0) is 27.0. The Morgan fingerprint density at radius 3 is 2.70 bits per heavy atom. The number of benzene rings is 1. The summed E-state index contributed by atoms with van der Waals surface area (Å²) in [6.45, 7) is 9.32. The van der Waals surface area contributed by atoms with E-state index in [-0.39, 0.29) is 17.1 Å². The van der Waals surface area contributed by atoms with E-state index in [9.17, 15) is 9.59 Å². The Morgan fingerprint density at radius 2 is 2.03 bits per heavy atom. The number of hydrogen-bond acceptors (Lipinski definition) is 6. The van der Waals surface area contributed by atoms with Crippen molar-refractivity contribution in [1.29, 1.82) is 0 Å². The fourth-order valence-corrected chi connectivity index (χ4v) is 3.38. The predicted octanol–water partition coefficient (Wildman–Crippen LogP) is 2.64. The fraction of sp³-hybridized carbons (Fsp3) is 0.333. The van der Waals surface area contributed by atoms with Crippen LogP contribution in [-0.4, -0.2) is 46.4 Å². The topological polar surface area (TPSA) is 116 Å². The Morgan fingerprint density at radius 1 is 1.30 bits per heavy atom. The van der Waals surface area contributed by atoms with Crippen molar-refractivity contribution in [3.05, 3.63) is 82.2 Å². The normalized spacial score (nSPS) is 13.9. The van der Waals surface area contributed by atoms with Crippen LogP contribution in [0.2, 0.25) is 0 Å². The number of nitrogens with zero attached hydrogens (tertiary/aromatic N) is 4. The summed E-state index contributed by atoms with van der Waals surface area (Å²) in [4.78, 5) is 31.5. The third-order valence-corrected chi connectivity index (χ3v) is 5.39. The number of carbonyl (C=O) groups excluding carboxylic acids is 1. The van der Waals surface area contributed by atoms with Crippen LogP contribution in [-0.2, 0) is 7.05 Å². The van der Waals surface area contributed by atoms with Gasteiger partial charge in [-0.1, -0.05) is 39.0 Å². The number of allylic oxidation sites excluding steroid dienone is 2. The monoisotopic (exact) mass is 505 g/mol. The number of nitrogens with one attached hydrogen (secondary N) is 3. The lowest BCUT2D eigenvalue weighted by Gasteiger charge is -2.22. The lowest BCUT2D eigenvalue weighted by atomic mass is 9.90. The molecule has 3 rings (SSSR count). The molecule has 0 saturated heterocycles. The van der Waals surface area contributed by atoms with Gasteiger partial charge in [0.25, 0.3) is 0 Å². The molecule has 0 saturated carbocycles. The van der Waals surface area contributed by atoms with E-state index in [2.05, 4.69) is 46.5 Å². The van der Waals surface area contributed by atoms with Gasteiger partial charge in [-0.25, -0.2) is 9.59 Å². The number of carbonyl (C=O) groups is 1. The minimum absolute atomic E-state index is 0.194. The van der Waals surface area contributed by atoms with Crippen molar-refractivity contribution >= 4 is 23.2 Å². The highest BCUT2D eigenvalue weighted by molar-refractivity contribution is 5.99. The Labute approximate surface area is 216 Å². The van der Waals surface area contributed by atoms with Gasteiger partial charge in [-0.05, 0) is 43.3 Å². The number of amides is 2. The molecule has 37 heavy (non-hydrogen) atoms. The molecule has 1 aliphatic heterocycles. The molecule has 0 spiro atoms. The highest BCUT2D eigenvalue weighted by Gasteiger charge is 2.17. The van der Waals surface area contributed by atoms with E-state index in [0.717, 1.165) is 5.71 Å². The summed E-state index contributed by atoms with van der Waals surface area (Å²) in [6.07, 6.45) is 11.0. The van der Waals surface area contributed by atoms with Gasteiger partial charge < -0.3 is 15.4 Å². The fourth-order valence-electron chi connectivity index (χ4n) is 3.38. The number of hydrogen-bond donors (Lipinski definition) is 3. The number of H-pyrrole nitrogens is 1. The Balaban J connectivity index is 1.64. The summed E-state index contributed by atoms with van der Waals surface area (Å²) in [7, 11) is 3.57. The number of ether oxygens (including phenoxy) is 1. The van der Waals surface area contributed by atoms with Crippen LogP contribution in [0, 0.1) is 5.41 Å². The molecule has 0 aliphatic carbocycles. The standard InChI is InChI=1S/C27H35N7O3/c1-7-8-18-33(5)32-22(27(2,3)4)15-17-29-25(35)30-19-11-13-20(14-12-19)37-21-10-9-16-28-24-23(21)34(6)26(36)31-24/h7-15,17H,16,18H2,1-6H3,(H,28,31,36)(H2,29,30,35)/b8-7-,17-15+,32-22+. The number of rotatable bonds is 8. The van der Waals surface area contributed by atoms with Crippen LogP contribution in [0.15, 0.2) is 75.7 Å². The van der Waals surface area contributed by atoms with E-state index in [1.54, 1.807) is 49.7 Å². The van der Waals surface area contributed by atoms with Gasteiger partial charge in [0, 0.05) is 31.4 Å². The van der Waals surface area contributed by atoms with Gasteiger partial charge in [0.2, 0.25) is 0 Å². The summed E-state index contributed by atoms with van der Waals surface area (Å²) in [5, 5.41) is 12.6. The van der Waals surface area contributed by atoms with Gasteiger partial charge in [-0.3, -0.25) is 19.6 Å². The molecule has 2 heterocycles. The molecule has 196 valence electrons. The molecular formula is C27H35N7O3. The summed E-state index contributed by atoms with van der Waals surface area (Å²) in [5.41, 5.74) is 1.47. The Hall–Kier alpha value is -4.34. The number of urea groups is 1. The van der Waals surface area contributed by atoms with Crippen LogP contribution < -0.4 is 31.9 Å². The van der Waals surface area contributed by atoms with Crippen molar-refractivity contribution in [2.45, 2.75) is 27.7 Å². The van der Waals surface area contributed by atoms with Crippen molar-refractivity contribution in [1.82, 2.24) is 19.9 Å². The molecule has 10 heteroatoms. The predicted molar refractivity (Wildman–Crippen MR) is 147 cm³/mol. The SMILES string of the molecule is C/C=C\CN(C)/N=C(\C=C\NC(=O)Nc1ccc(OC2=c3c([nH]c(=O)n3C)=NCC=C2)cc1)C(C)(C)C. The van der Waals surface area contributed by atoms with Crippen LogP contribution in [0.5, 0.6) is 5.75 Å². The maximum atomic E-state index is 12.4. The second-order valence-electron chi connectivity index (χ2n) is 9.50. The molecule has 0 unspecified atom stereocenters. The number of anilines is 1. The molecule has 2 amide bonds. The van der Waals surface area contributed by atoms with E-state index in [1.165, 1.54) is 4.57 Å². The van der Waals surface area contributed by atoms with Gasteiger partial charge >= 0.3 is 11.7 Å². The van der Waals surface area contributed by atoms with E-state index in [1.807, 2.05) is 37.2 Å². The summed E-state index contributed by atoms with van der Waals surface area (Å²) in [5.74, 6) is 1.06. The first-order valence-electron chi connectivity index (χ1n) is 12.0. The largest absolute Gasteiger partial charge is 0.455 e. The number of aromatic amines is 1. The van der Waals surface area contributed by atoms with Gasteiger partial charge in [0.05, 0.1) is 18.8 Å². The van der Waals surface area contributed by atoms with E-state index in [0.29, 0.717) is 41.1 Å². The molecule has 0 atom stereocenters. The first kappa shape index (κ1) is 27.3. The van der Waals surface area contributed by atoms with E-state index < -0.39 is 0 Å². The Kier molecular flexibility index (Phi) is 8.89. The van der Waals surface area contributed by atoms with E-state index in [4.69, 9.17) is 4.74 Å². The quantitative estimate of drug-likeness (QED) is 0.291. The molecule has 10 nitrogen and oxygen atoms in total. The third-order valence-electron chi connectivity index (χ3n) is 5.39. The highest BCUT2D eigenvalue weighted by Crippen LogP contribution is 2.19. The highest BCUT2D eigenvalue weighted by atomic mass is 16.5. The first-order valence-corrected chi connectivity index (χ1v) is 12.0. The zero-order valence-corrected chi connectivity index (χ0v) is 22.2. The number of hydrazone groups is 1. The third kappa shape index (κ3) is 7.57. The molecule has 0 bridgehead atoms. The van der Waals surface area contributed by atoms with Crippen molar-refractivity contribution in [2.24, 2.45) is 22.6 Å². The van der Waals surface area contributed by atoms with Crippen LogP contribution in [0.25, 0.3) is 5.76 Å². The molecule has 3 N–H and O–H groups in total. The average Bonchev–Trinajstić information content (AvgIpc) is 2.99. The smallest absolute Gasteiger partial charge is 0.327 e. The minimum Gasteiger partial charge on any atom is -0.455 e. The number of likely N-dealkylation sites (N-methyl/N-ethyl adjacent to an activating group) is 1. The molecule has 1 aliphatic rings. The van der Waals surface area contributed by atoms with Crippen LogP contribution in [0.3, 0.4) is 0 Å². The van der Waals surface area contributed by atoms with Gasteiger partial charge in [-0.2, -0.15) is 5.10 Å². The molecule has 1 aromatic heterocycles. The summed E-state index contributed by atoms with van der Waals surface area (Å²) in [6, 6.07) is 6.57. The van der Waals surface area contributed by atoms with Crippen LogP contribution in [0.4, 0.5) is 10.5 Å². The lowest BCUT2D eigenvalue weighted by Crippen LogP contribution is -2.33. The number of aromatic nitrogens is 2. The molecule has 1 aromatic carbocycles. The van der Waals surface area contributed by atoms with Crippen molar-refractivity contribution in [3.63, 3.8) is 0 Å². The van der Waals surface area contributed by atoms with Gasteiger partial charge in [0.1, 0.15) is 11.1 Å². The lowest BCUT2D eigenvalue weighted by molar-refractivity contribution is 0.255. The second kappa shape index (κ2) is 12.1. The Bertz CT molecular complexity index is 1400.